The molecule has 1 saturated heterocycles. The van der Waals surface area contributed by atoms with Crippen molar-refractivity contribution >= 4 is 35.1 Å². The number of rotatable bonds is 8. The van der Waals surface area contributed by atoms with Crippen LogP contribution >= 0.6 is 23.4 Å². The first kappa shape index (κ1) is 24.8. The Morgan fingerprint density at radius 3 is 2.61 bits per heavy atom. The van der Waals surface area contributed by atoms with Crippen molar-refractivity contribution < 1.29 is 23.5 Å². The molecule has 1 aliphatic heterocycles. The minimum Gasteiger partial charge on any atom is -0.495 e. The van der Waals surface area contributed by atoms with Gasteiger partial charge in [-0.1, -0.05) is 43.4 Å². The molecule has 8 nitrogen and oxygen atoms in total. The first-order valence-corrected chi connectivity index (χ1v) is 13.2. The zero-order valence-electron chi connectivity index (χ0n) is 19.8. The molecule has 3 unspecified atom stereocenters. The first-order chi connectivity index (χ1) is 17.5. The Hall–Kier alpha value is -2.91. The first-order valence-electron chi connectivity index (χ1n) is 12.0. The molecule has 0 amide bonds. The van der Waals surface area contributed by atoms with Gasteiger partial charge in [0.05, 0.1) is 12.1 Å². The molecular weight excluding hydrogens is 502 g/mol. The fourth-order valence-corrected chi connectivity index (χ4v) is 6.18. The van der Waals surface area contributed by atoms with Crippen LogP contribution < -0.4 is 4.74 Å². The number of benzene rings is 1. The summed E-state index contributed by atoms with van der Waals surface area (Å²) in [5.41, 5.74) is 1.74. The predicted octanol–water partition coefficient (Wildman–Crippen LogP) is 5.19. The van der Waals surface area contributed by atoms with Crippen LogP contribution in [-0.4, -0.2) is 45.4 Å². The van der Waals surface area contributed by atoms with E-state index in [0.717, 1.165) is 43.0 Å². The summed E-state index contributed by atoms with van der Waals surface area (Å²) >= 11 is 7.29. The lowest BCUT2D eigenvalue weighted by molar-refractivity contribution is -0.161. The van der Waals surface area contributed by atoms with E-state index in [9.17, 15) is 9.59 Å². The van der Waals surface area contributed by atoms with Gasteiger partial charge in [-0.15, -0.1) is 10.2 Å². The van der Waals surface area contributed by atoms with Gasteiger partial charge in [-0.25, -0.2) is 0 Å². The van der Waals surface area contributed by atoms with E-state index < -0.39 is 17.3 Å². The van der Waals surface area contributed by atoms with Crippen molar-refractivity contribution in [2.75, 3.05) is 7.11 Å². The lowest BCUT2D eigenvalue weighted by Crippen LogP contribution is -2.45. The number of hydrogen-bond acceptors (Lipinski definition) is 9. The third-order valence-corrected chi connectivity index (χ3v) is 8.25. The molecule has 0 radical (unpaired) electrons. The molecule has 5 rings (SSSR count). The summed E-state index contributed by atoms with van der Waals surface area (Å²) in [6.45, 7) is 0. The second-order valence-electron chi connectivity index (χ2n) is 9.13. The van der Waals surface area contributed by atoms with E-state index in [1.165, 1.54) is 0 Å². The molecule has 1 saturated carbocycles. The molecular formula is C26H26ClN3O5S. The molecule has 1 aliphatic carbocycles. The SMILES string of the molecule is COc1ccc(CC(C2CCCC2)C2CC(=O)C(Sc3nnc(-c4ccncc4)o3)C(=O)O2)cc1Cl. The van der Waals surface area contributed by atoms with Gasteiger partial charge in [0.15, 0.2) is 11.0 Å². The Morgan fingerprint density at radius 1 is 1.14 bits per heavy atom. The van der Waals surface area contributed by atoms with Crippen molar-refractivity contribution in [2.45, 2.75) is 55.1 Å². The number of nitrogens with zero attached hydrogens (tertiary/aromatic N) is 3. The fourth-order valence-electron chi connectivity index (χ4n) is 5.11. The molecule has 0 spiro atoms. The van der Waals surface area contributed by atoms with Crippen LogP contribution in [0.15, 0.2) is 52.4 Å². The minimum absolute atomic E-state index is 0.0394. The summed E-state index contributed by atoms with van der Waals surface area (Å²) in [5.74, 6) is 0.609. The average molecular weight is 528 g/mol. The highest BCUT2D eigenvalue weighted by molar-refractivity contribution is 8.01. The molecule has 1 aromatic carbocycles. The topological polar surface area (TPSA) is 104 Å². The van der Waals surface area contributed by atoms with Crippen molar-refractivity contribution in [3.05, 3.63) is 53.3 Å². The summed E-state index contributed by atoms with van der Waals surface area (Å²) in [4.78, 5) is 30.1. The zero-order valence-corrected chi connectivity index (χ0v) is 21.3. The molecule has 2 aromatic heterocycles. The zero-order chi connectivity index (χ0) is 25.1. The molecule has 0 bridgehead atoms. The third-order valence-electron chi connectivity index (χ3n) is 6.90. The van der Waals surface area contributed by atoms with Crippen molar-refractivity contribution in [3.63, 3.8) is 0 Å². The van der Waals surface area contributed by atoms with E-state index in [0.29, 0.717) is 34.6 Å². The van der Waals surface area contributed by atoms with Gasteiger partial charge in [-0.2, -0.15) is 0 Å². The quantitative estimate of drug-likeness (QED) is 0.289. The second kappa shape index (κ2) is 11.0. The van der Waals surface area contributed by atoms with Gasteiger partial charge < -0.3 is 13.9 Å². The number of ketones is 1. The number of halogens is 1. The van der Waals surface area contributed by atoms with Crippen LogP contribution in [0, 0.1) is 11.8 Å². The highest BCUT2D eigenvalue weighted by Gasteiger charge is 2.44. The molecule has 10 heteroatoms. The molecule has 3 aromatic rings. The maximum Gasteiger partial charge on any atom is 0.327 e. The van der Waals surface area contributed by atoms with Gasteiger partial charge in [-0.3, -0.25) is 14.6 Å². The largest absolute Gasteiger partial charge is 0.495 e. The molecule has 188 valence electrons. The average Bonchev–Trinajstić information content (AvgIpc) is 3.58. The fraction of sp³-hybridized carbons (Fsp3) is 0.423. The highest BCUT2D eigenvalue weighted by atomic mass is 35.5. The molecule has 2 fully saturated rings. The van der Waals surface area contributed by atoms with Crippen molar-refractivity contribution in [1.82, 2.24) is 15.2 Å². The summed E-state index contributed by atoms with van der Waals surface area (Å²) in [7, 11) is 1.58. The second-order valence-corrected chi connectivity index (χ2v) is 10.6. The Morgan fingerprint density at radius 2 is 1.92 bits per heavy atom. The number of aromatic nitrogens is 3. The van der Waals surface area contributed by atoms with Crippen molar-refractivity contribution in [3.8, 4) is 17.2 Å². The van der Waals surface area contributed by atoms with Crippen LogP contribution in [0.3, 0.4) is 0 Å². The minimum atomic E-state index is -1.02. The van der Waals surface area contributed by atoms with Crippen molar-refractivity contribution in [2.24, 2.45) is 11.8 Å². The standard InChI is InChI=1S/C26H26ClN3O5S/c1-33-21-7-6-15(13-19(21)27)12-18(16-4-2-3-5-16)22-14-20(31)23(25(32)34-22)36-26-30-29-24(35-26)17-8-10-28-11-9-17/h6-11,13,16,18,22-23H,2-5,12,14H2,1H3. The van der Waals surface area contributed by atoms with Crippen LogP contribution in [0.5, 0.6) is 5.75 Å². The number of esters is 1. The molecule has 3 atom stereocenters. The Kier molecular flexibility index (Phi) is 7.57. The smallest absolute Gasteiger partial charge is 0.327 e. The number of hydrogen-bond donors (Lipinski definition) is 0. The van der Waals surface area contributed by atoms with Gasteiger partial charge in [0, 0.05) is 30.3 Å². The number of pyridine rings is 1. The van der Waals surface area contributed by atoms with Gasteiger partial charge in [-0.05, 0) is 53.9 Å². The van der Waals surface area contributed by atoms with Gasteiger partial charge in [0.2, 0.25) is 5.89 Å². The van der Waals surface area contributed by atoms with E-state index in [1.54, 1.807) is 31.6 Å². The number of carbonyl (C=O) groups excluding carboxylic acids is 2. The van der Waals surface area contributed by atoms with E-state index >= 15 is 0 Å². The van der Waals surface area contributed by atoms with Crippen LogP contribution in [0.2, 0.25) is 5.02 Å². The van der Waals surface area contributed by atoms with Crippen LogP contribution in [0.25, 0.3) is 11.5 Å². The lowest BCUT2D eigenvalue weighted by Gasteiger charge is -2.35. The van der Waals surface area contributed by atoms with Gasteiger partial charge >= 0.3 is 5.97 Å². The predicted molar refractivity (Wildman–Crippen MR) is 134 cm³/mol. The van der Waals surface area contributed by atoms with Crippen molar-refractivity contribution in [1.29, 1.82) is 0 Å². The summed E-state index contributed by atoms with van der Waals surface area (Å²) < 4.78 is 16.9. The molecule has 3 heterocycles. The maximum atomic E-state index is 13.1. The van der Waals surface area contributed by atoms with E-state index in [1.807, 2.05) is 18.2 Å². The van der Waals surface area contributed by atoms with Crippen LogP contribution in [0.4, 0.5) is 0 Å². The van der Waals surface area contributed by atoms with Gasteiger partial charge in [0.1, 0.15) is 11.9 Å². The monoisotopic (exact) mass is 527 g/mol. The Labute approximate surface area is 218 Å². The van der Waals surface area contributed by atoms with E-state index in [4.69, 9.17) is 25.5 Å². The number of Topliss-reactive ketones (excluding diaryl/α,β-unsaturated/α-hetero) is 1. The van der Waals surface area contributed by atoms with Crippen LogP contribution in [-0.2, 0) is 20.7 Å². The van der Waals surface area contributed by atoms with E-state index in [-0.39, 0.29) is 23.3 Å². The summed E-state index contributed by atoms with van der Waals surface area (Å²) in [6, 6.07) is 9.20. The third kappa shape index (κ3) is 5.42. The molecule has 2 aliphatic rings. The number of carbonyl (C=O) groups is 2. The number of cyclic esters (lactones) is 1. The Bertz CT molecular complexity index is 1210. The Balaban J connectivity index is 1.29. The normalized spacial score (nSPS) is 21.4. The van der Waals surface area contributed by atoms with E-state index in [2.05, 4.69) is 15.2 Å². The number of ether oxygens (including phenoxy) is 2. The molecule has 0 N–H and O–H groups in total. The summed E-state index contributed by atoms with van der Waals surface area (Å²) in [6.07, 6.45) is 8.04. The molecule has 36 heavy (non-hydrogen) atoms. The van der Waals surface area contributed by atoms with Gasteiger partial charge in [0.25, 0.3) is 5.22 Å². The number of methoxy groups -OCH3 is 1. The maximum absolute atomic E-state index is 13.1. The highest BCUT2D eigenvalue weighted by Crippen LogP contribution is 2.40. The lowest BCUT2D eigenvalue weighted by atomic mass is 9.79. The summed E-state index contributed by atoms with van der Waals surface area (Å²) in [5, 5.41) is 7.68. The number of thioether (sulfide) groups is 1. The van der Waals surface area contributed by atoms with Crippen LogP contribution in [0.1, 0.15) is 37.7 Å².